The van der Waals surface area contributed by atoms with Crippen LogP contribution in [-0.2, 0) is 4.79 Å². The van der Waals surface area contributed by atoms with Crippen molar-refractivity contribution in [2.24, 2.45) is 4.99 Å². The summed E-state index contributed by atoms with van der Waals surface area (Å²) in [5.74, 6) is 0.451. The Morgan fingerprint density at radius 1 is 1.00 bits per heavy atom. The molecule has 8 nitrogen and oxygen atoms in total. The monoisotopic (exact) mass is 518 g/mol. The number of anilines is 2. The molecule has 0 aromatic heterocycles. The number of para-hydroxylation sites is 1. The molecule has 198 valence electrons. The molecule has 2 heterocycles. The summed E-state index contributed by atoms with van der Waals surface area (Å²) in [6.45, 7) is 4.61. The fourth-order valence-corrected chi connectivity index (χ4v) is 5.18. The molecule has 38 heavy (non-hydrogen) atoms. The number of ether oxygens (including phenoxy) is 2. The Morgan fingerprint density at radius 3 is 2.45 bits per heavy atom. The van der Waals surface area contributed by atoms with Crippen LogP contribution in [-0.4, -0.2) is 62.3 Å². The van der Waals surface area contributed by atoms with Gasteiger partial charge in [0.25, 0.3) is 0 Å². The summed E-state index contributed by atoms with van der Waals surface area (Å²) in [5.41, 5.74) is 3.47. The molecule has 3 aromatic rings. The number of hydrogen-bond donors (Lipinski definition) is 1. The minimum Gasteiger partial charge on any atom is -0.497 e. The van der Waals surface area contributed by atoms with Crippen molar-refractivity contribution in [3.8, 4) is 11.5 Å². The lowest BCUT2D eigenvalue weighted by Gasteiger charge is -2.45. The van der Waals surface area contributed by atoms with Gasteiger partial charge in [0, 0.05) is 43.5 Å². The van der Waals surface area contributed by atoms with Crippen LogP contribution in [0, 0.1) is 12.7 Å². The molecule has 0 saturated carbocycles. The highest BCUT2D eigenvalue weighted by Gasteiger charge is 2.38. The molecule has 2 aliphatic heterocycles. The molecule has 0 aliphatic carbocycles. The minimum absolute atomic E-state index is 0.187. The summed E-state index contributed by atoms with van der Waals surface area (Å²) in [7, 11) is 3.23. The number of hydrogen-bond acceptors (Lipinski definition) is 7. The number of rotatable bonds is 6. The number of fused-ring (bicyclic) bond motifs is 1. The third-order valence-corrected chi connectivity index (χ3v) is 7.06. The number of aliphatic imine (C=N–C) groups is 1. The molecule has 0 radical (unpaired) electrons. The molecular weight excluding hydrogens is 487 g/mol. The molecule has 0 bridgehead atoms. The van der Waals surface area contributed by atoms with Crippen LogP contribution < -0.4 is 19.3 Å². The molecule has 2 aliphatic rings. The van der Waals surface area contributed by atoms with E-state index in [1.54, 1.807) is 26.4 Å². The molecule has 0 spiro atoms. The van der Waals surface area contributed by atoms with Crippen molar-refractivity contribution < 1.29 is 23.8 Å². The quantitative estimate of drug-likeness (QED) is 0.492. The van der Waals surface area contributed by atoms with Crippen molar-refractivity contribution in [3.05, 3.63) is 77.6 Å². The summed E-state index contributed by atoms with van der Waals surface area (Å²) < 4.78 is 26.2. The van der Waals surface area contributed by atoms with Crippen molar-refractivity contribution in [1.82, 2.24) is 4.90 Å². The highest BCUT2D eigenvalue weighted by Crippen LogP contribution is 2.44. The van der Waals surface area contributed by atoms with Crippen LogP contribution in [0.3, 0.4) is 0 Å². The summed E-state index contributed by atoms with van der Waals surface area (Å²) in [5, 5.41) is 9.88. The Labute approximate surface area is 221 Å². The van der Waals surface area contributed by atoms with Gasteiger partial charge in [0.1, 0.15) is 23.0 Å². The minimum atomic E-state index is -0.981. The Kier molecular flexibility index (Phi) is 7.09. The zero-order valence-electron chi connectivity index (χ0n) is 21.7. The van der Waals surface area contributed by atoms with E-state index in [0.29, 0.717) is 49.1 Å². The first kappa shape index (κ1) is 25.4. The third kappa shape index (κ3) is 4.83. The Hall–Kier alpha value is -4.27. The fraction of sp³-hybridized carbons (Fsp3) is 0.310. The molecule has 1 fully saturated rings. The van der Waals surface area contributed by atoms with E-state index >= 15 is 4.39 Å². The van der Waals surface area contributed by atoms with Crippen LogP contribution in [0.25, 0.3) is 0 Å². The van der Waals surface area contributed by atoms with Gasteiger partial charge in [-0.2, -0.15) is 0 Å². The second-order valence-electron chi connectivity index (χ2n) is 9.42. The number of carboxylic acid groups (broad SMARTS) is 1. The van der Waals surface area contributed by atoms with E-state index in [2.05, 4.69) is 15.9 Å². The lowest BCUT2D eigenvalue weighted by Crippen LogP contribution is -2.55. The molecule has 1 unspecified atom stereocenters. The first-order valence-electron chi connectivity index (χ1n) is 12.6. The van der Waals surface area contributed by atoms with E-state index < -0.39 is 17.8 Å². The van der Waals surface area contributed by atoms with Crippen LogP contribution in [0.15, 0.2) is 65.7 Å². The number of benzene rings is 3. The highest BCUT2D eigenvalue weighted by molar-refractivity contribution is 6.02. The Bertz CT molecular complexity index is 1370. The van der Waals surface area contributed by atoms with Crippen molar-refractivity contribution in [2.75, 3.05) is 50.2 Å². The van der Waals surface area contributed by atoms with Crippen LogP contribution in [0.4, 0.5) is 21.5 Å². The van der Waals surface area contributed by atoms with Crippen molar-refractivity contribution in [2.45, 2.75) is 19.4 Å². The Morgan fingerprint density at radius 2 is 1.74 bits per heavy atom. The van der Waals surface area contributed by atoms with Gasteiger partial charge in [0.2, 0.25) is 5.96 Å². The average molecular weight is 519 g/mol. The van der Waals surface area contributed by atoms with Gasteiger partial charge in [-0.15, -0.1) is 0 Å². The number of piperazine rings is 1. The molecule has 3 aromatic carbocycles. The zero-order chi connectivity index (χ0) is 26.8. The predicted molar refractivity (Wildman–Crippen MR) is 145 cm³/mol. The van der Waals surface area contributed by atoms with Gasteiger partial charge in [-0.3, -0.25) is 4.79 Å². The van der Waals surface area contributed by atoms with E-state index in [1.807, 2.05) is 48.2 Å². The topological polar surface area (TPSA) is 77.8 Å². The molecule has 1 N–H and O–H groups in total. The number of carboxylic acids is 1. The normalized spacial score (nSPS) is 17.1. The molecule has 0 amide bonds. The molecule has 5 rings (SSSR count). The van der Waals surface area contributed by atoms with Crippen LogP contribution in [0.2, 0.25) is 0 Å². The molecule has 1 saturated heterocycles. The largest absolute Gasteiger partial charge is 0.497 e. The van der Waals surface area contributed by atoms with Gasteiger partial charge in [-0.25, -0.2) is 9.38 Å². The fourth-order valence-electron chi connectivity index (χ4n) is 5.18. The number of nitrogens with zero attached hydrogens (tertiary/aromatic N) is 4. The summed E-state index contributed by atoms with van der Waals surface area (Å²) >= 11 is 0. The summed E-state index contributed by atoms with van der Waals surface area (Å²) in [6.07, 6.45) is -0.226. The molecule has 1 atom stereocenters. The number of carbonyl (C=O) groups is 1. The van der Waals surface area contributed by atoms with Crippen LogP contribution >= 0.6 is 0 Å². The van der Waals surface area contributed by atoms with E-state index in [9.17, 15) is 9.90 Å². The number of guanidine groups is 1. The number of methoxy groups -OCH3 is 2. The third-order valence-electron chi connectivity index (χ3n) is 7.06. The molecular formula is C29H31FN4O4. The lowest BCUT2D eigenvalue weighted by atomic mass is 9.96. The van der Waals surface area contributed by atoms with E-state index in [0.717, 1.165) is 17.0 Å². The van der Waals surface area contributed by atoms with E-state index in [-0.39, 0.29) is 12.1 Å². The maximum Gasteiger partial charge on any atom is 0.305 e. The van der Waals surface area contributed by atoms with Crippen LogP contribution in [0.5, 0.6) is 11.5 Å². The second-order valence-corrected chi connectivity index (χ2v) is 9.42. The van der Waals surface area contributed by atoms with Crippen LogP contribution in [0.1, 0.15) is 23.6 Å². The van der Waals surface area contributed by atoms with E-state index in [1.165, 1.54) is 6.07 Å². The number of halogens is 1. The lowest BCUT2D eigenvalue weighted by molar-refractivity contribution is -0.137. The second kappa shape index (κ2) is 10.6. The van der Waals surface area contributed by atoms with Crippen molar-refractivity contribution in [1.29, 1.82) is 0 Å². The maximum absolute atomic E-state index is 15.1. The standard InChI is InChI=1S/C29H31FN4O4/c1-19-10-11-26(38-3)25(16-19)34-24(18-27(35)36)22-8-5-9-23(30)28(22)31-29(34)33-14-12-32(13-15-33)20-6-4-7-21(17-20)37-2/h4-11,16-17,24H,12-15,18H2,1-3H3,(H,35,36). The van der Waals surface area contributed by atoms with Gasteiger partial charge in [0.05, 0.1) is 32.4 Å². The van der Waals surface area contributed by atoms with Gasteiger partial charge in [-0.05, 0) is 42.8 Å². The smallest absolute Gasteiger partial charge is 0.305 e. The Balaban J connectivity index is 1.56. The van der Waals surface area contributed by atoms with Crippen molar-refractivity contribution in [3.63, 3.8) is 0 Å². The van der Waals surface area contributed by atoms with Crippen molar-refractivity contribution >= 4 is 29.0 Å². The zero-order valence-corrected chi connectivity index (χ0v) is 21.7. The van der Waals surface area contributed by atoms with Gasteiger partial charge in [0.15, 0.2) is 0 Å². The number of aliphatic carboxylic acids is 1. The summed E-state index contributed by atoms with van der Waals surface area (Å²) in [6, 6.07) is 17.7. The predicted octanol–water partition coefficient (Wildman–Crippen LogP) is 5.00. The maximum atomic E-state index is 15.1. The van der Waals surface area contributed by atoms with E-state index in [4.69, 9.17) is 14.5 Å². The SMILES string of the molecule is COc1cccc(N2CCN(C3=Nc4c(F)cccc4C(CC(=O)O)N3c3cc(C)ccc3OC)CC2)c1. The first-order valence-corrected chi connectivity index (χ1v) is 12.6. The van der Waals surface area contributed by atoms with Gasteiger partial charge in [-0.1, -0.05) is 24.3 Å². The molecule has 9 heteroatoms. The van der Waals surface area contributed by atoms with Gasteiger partial charge < -0.3 is 29.3 Å². The highest BCUT2D eigenvalue weighted by atomic mass is 19.1. The average Bonchev–Trinajstić information content (AvgIpc) is 2.93. The number of aryl methyl sites for hydroxylation is 1. The first-order chi connectivity index (χ1) is 18.4. The van der Waals surface area contributed by atoms with Gasteiger partial charge >= 0.3 is 5.97 Å². The summed E-state index contributed by atoms with van der Waals surface area (Å²) in [4.78, 5) is 23.2.